The van der Waals surface area contributed by atoms with Crippen LogP contribution in [0.3, 0.4) is 0 Å². The predicted molar refractivity (Wildman–Crippen MR) is 132 cm³/mol. The van der Waals surface area contributed by atoms with Crippen LogP contribution in [0.25, 0.3) is 0 Å². The van der Waals surface area contributed by atoms with E-state index in [4.69, 9.17) is 4.74 Å². The molecule has 0 bridgehead atoms. The lowest BCUT2D eigenvalue weighted by atomic mass is 10.1. The maximum Gasteiger partial charge on any atom is 0.286 e. The van der Waals surface area contributed by atoms with Crippen molar-refractivity contribution in [1.29, 1.82) is 0 Å². The fourth-order valence-electron chi connectivity index (χ4n) is 3.86. The van der Waals surface area contributed by atoms with Crippen LogP contribution < -0.4 is 10.1 Å². The molecular formula is C25H31N5O2S. The van der Waals surface area contributed by atoms with Gasteiger partial charge in [0.25, 0.3) is 5.91 Å². The number of rotatable bonds is 9. The summed E-state index contributed by atoms with van der Waals surface area (Å²) >= 11 is 1.37. The molecule has 1 N–H and O–H groups in total. The zero-order valence-corrected chi connectivity index (χ0v) is 20.1. The lowest BCUT2D eigenvalue weighted by Gasteiger charge is -2.34. The molecule has 0 radical (unpaired) electrons. The Morgan fingerprint density at radius 3 is 2.30 bits per heavy atom. The molecule has 0 atom stereocenters. The van der Waals surface area contributed by atoms with Gasteiger partial charge in [0.15, 0.2) is 0 Å². The minimum atomic E-state index is -0.202. The Morgan fingerprint density at radius 1 is 0.970 bits per heavy atom. The van der Waals surface area contributed by atoms with E-state index in [-0.39, 0.29) is 5.91 Å². The van der Waals surface area contributed by atoms with E-state index in [1.807, 2.05) is 36.4 Å². The van der Waals surface area contributed by atoms with Crippen molar-refractivity contribution in [2.24, 2.45) is 0 Å². The summed E-state index contributed by atoms with van der Waals surface area (Å²) in [6, 6.07) is 16.2. The Kier molecular flexibility index (Phi) is 8.04. The predicted octanol–water partition coefficient (Wildman–Crippen LogP) is 3.72. The van der Waals surface area contributed by atoms with Gasteiger partial charge in [0.05, 0.1) is 13.7 Å². The Morgan fingerprint density at radius 2 is 1.64 bits per heavy atom. The smallest absolute Gasteiger partial charge is 0.286 e. The highest BCUT2D eigenvalue weighted by molar-refractivity contribution is 7.13. The Hall–Kier alpha value is -2.81. The molecule has 33 heavy (non-hydrogen) atoms. The molecule has 7 nitrogen and oxygen atoms in total. The number of hydrogen-bond donors (Lipinski definition) is 1. The molecule has 0 saturated carbocycles. The lowest BCUT2D eigenvalue weighted by molar-refractivity contribution is 0.102. The summed E-state index contributed by atoms with van der Waals surface area (Å²) in [6.07, 6.45) is 2.02. The van der Waals surface area contributed by atoms with Crippen LogP contribution in [0, 0.1) is 0 Å². The van der Waals surface area contributed by atoms with Crippen molar-refractivity contribution in [3.05, 3.63) is 69.7 Å². The number of anilines is 1. The summed E-state index contributed by atoms with van der Waals surface area (Å²) in [5, 5.41) is 12.6. The van der Waals surface area contributed by atoms with E-state index < -0.39 is 0 Å². The van der Waals surface area contributed by atoms with Gasteiger partial charge in [-0.05, 0) is 48.2 Å². The number of nitrogens with one attached hydrogen (secondary N) is 1. The second-order valence-electron chi connectivity index (χ2n) is 8.22. The van der Waals surface area contributed by atoms with Gasteiger partial charge < -0.3 is 15.0 Å². The van der Waals surface area contributed by atoms with Crippen molar-refractivity contribution in [2.45, 2.75) is 26.3 Å². The van der Waals surface area contributed by atoms with Crippen molar-refractivity contribution in [3.8, 4) is 5.75 Å². The number of carbonyl (C=O) groups excluding carboxylic acids is 1. The fraction of sp³-hybridized carbons (Fsp3) is 0.400. The van der Waals surface area contributed by atoms with Crippen LogP contribution in [-0.4, -0.2) is 65.7 Å². The van der Waals surface area contributed by atoms with E-state index in [1.54, 1.807) is 7.11 Å². The number of benzene rings is 2. The highest BCUT2D eigenvalue weighted by atomic mass is 32.1. The topological polar surface area (TPSA) is 70.6 Å². The van der Waals surface area contributed by atoms with E-state index in [2.05, 4.69) is 44.4 Å². The van der Waals surface area contributed by atoms with Crippen LogP contribution in [0.5, 0.6) is 5.75 Å². The highest BCUT2D eigenvalue weighted by Gasteiger charge is 2.20. The van der Waals surface area contributed by atoms with Crippen LogP contribution in [0.15, 0.2) is 48.5 Å². The third-order valence-corrected chi connectivity index (χ3v) is 6.89. The molecule has 2 aromatic carbocycles. The minimum Gasteiger partial charge on any atom is -0.497 e. The SMILES string of the molecule is CCc1ccc(NC(=O)c2nnc(CN3CCN(CCc4ccc(OC)cc4)CC3)s2)cc1. The van der Waals surface area contributed by atoms with Gasteiger partial charge in [-0.2, -0.15) is 0 Å². The van der Waals surface area contributed by atoms with Gasteiger partial charge in [-0.3, -0.25) is 9.69 Å². The molecule has 1 saturated heterocycles. The first-order chi connectivity index (χ1) is 16.1. The summed E-state index contributed by atoms with van der Waals surface area (Å²) in [5.74, 6) is 0.696. The molecule has 2 heterocycles. The molecule has 174 valence electrons. The van der Waals surface area contributed by atoms with Crippen LogP contribution in [0.1, 0.15) is 32.9 Å². The van der Waals surface area contributed by atoms with Crippen LogP contribution >= 0.6 is 11.3 Å². The highest BCUT2D eigenvalue weighted by Crippen LogP contribution is 2.17. The number of aryl methyl sites for hydroxylation is 1. The average Bonchev–Trinajstić information content (AvgIpc) is 3.33. The van der Waals surface area contributed by atoms with Gasteiger partial charge >= 0.3 is 0 Å². The molecule has 1 aromatic heterocycles. The molecule has 3 aromatic rings. The number of piperazine rings is 1. The molecule has 0 aliphatic carbocycles. The summed E-state index contributed by atoms with van der Waals surface area (Å²) in [4.78, 5) is 17.4. The largest absolute Gasteiger partial charge is 0.497 e. The van der Waals surface area contributed by atoms with Gasteiger partial charge in [0.2, 0.25) is 5.01 Å². The van der Waals surface area contributed by atoms with Gasteiger partial charge in [0, 0.05) is 38.4 Å². The molecule has 4 rings (SSSR count). The summed E-state index contributed by atoms with van der Waals surface area (Å²) in [6.45, 7) is 7.97. The van der Waals surface area contributed by atoms with Gasteiger partial charge in [-0.25, -0.2) is 0 Å². The molecular weight excluding hydrogens is 434 g/mol. The second-order valence-corrected chi connectivity index (χ2v) is 9.28. The number of nitrogens with zero attached hydrogens (tertiary/aromatic N) is 4. The minimum absolute atomic E-state index is 0.202. The summed E-state index contributed by atoms with van der Waals surface area (Å²) < 4.78 is 5.23. The van der Waals surface area contributed by atoms with E-state index >= 15 is 0 Å². The molecule has 0 spiro atoms. The van der Waals surface area contributed by atoms with Gasteiger partial charge in [0.1, 0.15) is 10.8 Å². The number of carbonyl (C=O) groups is 1. The third-order valence-electron chi connectivity index (χ3n) is 5.98. The van der Waals surface area contributed by atoms with Crippen molar-refractivity contribution >= 4 is 22.9 Å². The number of aromatic nitrogens is 2. The zero-order valence-electron chi connectivity index (χ0n) is 19.3. The standard InChI is InChI=1S/C25H31N5O2S/c1-3-19-4-8-21(9-5-19)26-24(31)25-28-27-23(33-25)18-30-16-14-29(15-17-30)13-12-20-6-10-22(32-2)11-7-20/h4-11H,3,12-18H2,1-2H3,(H,26,31). The van der Waals surface area contributed by atoms with Gasteiger partial charge in [-0.1, -0.05) is 42.5 Å². The Labute approximate surface area is 199 Å². The Balaban J connectivity index is 1.20. The van der Waals surface area contributed by atoms with Crippen molar-refractivity contribution in [2.75, 3.05) is 45.2 Å². The summed E-state index contributed by atoms with van der Waals surface area (Å²) in [7, 11) is 1.69. The summed E-state index contributed by atoms with van der Waals surface area (Å²) in [5.41, 5.74) is 3.35. The fourth-order valence-corrected chi connectivity index (χ4v) is 4.64. The number of ether oxygens (including phenoxy) is 1. The molecule has 1 fully saturated rings. The van der Waals surface area contributed by atoms with Crippen molar-refractivity contribution in [3.63, 3.8) is 0 Å². The molecule has 0 unspecified atom stereocenters. The first kappa shape index (κ1) is 23.4. The second kappa shape index (κ2) is 11.4. The van der Waals surface area contributed by atoms with E-state index in [0.29, 0.717) is 5.01 Å². The molecule has 8 heteroatoms. The van der Waals surface area contributed by atoms with Crippen LogP contribution in [0.2, 0.25) is 0 Å². The average molecular weight is 466 g/mol. The molecule has 1 aliphatic rings. The molecule has 1 aliphatic heterocycles. The zero-order chi connectivity index (χ0) is 23.0. The maximum atomic E-state index is 12.5. The Bertz CT molecular complexity index is 1030. The number of hydrogen-bond acceptors (Lipinski definition) is 7. The number of amides is 1. The maximum absolute atomic E-state index is 12.5. The van der Waals surface area contributed by atoms with Gasteiger partial charge in [-0.15, -0.1) is 10.2 Å². The number of methoxy groups -OCH3 is 1. The lowest BCUT2D eigenvalue weighted by Crippen LogP contribution is -2.46. The van der Waals surface area contributed by atoms with Crippen molar-refractivity contribution in [1.82, 2.24) is 20.0 Å². The monoisotopic (exact) mass is 465 g/mol. The third kappa shape index (κ3) is 6.60. The van der Waals surface area contributed by atoms with Crippen LogP contribution in [0.4, 0.5) is 5.69 Å². The first-order valence-electron chi connectivity index (χ1n) is 11.4. The van der Waals surface area contributed by atoms with Crippen molar-refractivity contribution < 1.29 is 9.53 Å². The quantitative estimate of drug-likeness (QED) is 0.519. The van der Waals surface area contributed by atoms with E-state index in [1.165, 1.54) is 22.5 Å². The normalized spacial score (nSPS) is 14.8. The van der Waals surface area contributed by atoms with Crippen LogP contribution in [-0.2, 0) is 19.4 Å². The van der Waals surface area contributed by atoms with E-state index in [9.17, 15) is 4.79 Å². The van der Waals surface area contributed by atoms with E-state index in [0.717, 1.165) is 68.6 Å². The molecule has 1 amide bonds. The first-order valence-corrected chi connectivity index (χ1v) is 12.2.